The van der Waals surface area contributed by atoms with E-state index < -0.39 is 0 Å². The van der Waals surface area contributed by atoms with Crippen LogP contribution >= 0.6 is 0 Å². The lowest BCUT2D eigenvalue weighted by molar-refractivity contribution is 0.415. The van der Waals surface area contributed by atoms with Crippen molar-refractivity contribution >= 4 is 5.69 Å². The molecule has 0 radical (unpaired) electrons. The molecule has 0 heterocycles. The van der Waals surface area contributed by atoms with Crippen molar-refractivity contribution in [2.75, 3.05) is 12.8 Å². The average Bonchev–Trinajstić information content (AvgIpc) is 3.06. The molecule has 1 fully saturated rings. The molecule has 2 unspecified atom stereocenters. The van der Waals surface area contributed by atoms with Crippen molar-refractivity contribution in [3.8, 4) is 5.75 Å². The van der Waals surface area contributed by atoms with Crippen molar-refractivity contribution in [1.29, 1.82) is 0 Å². The third-order valence-electron chi connectivity index (χ3n) is 3.35. The van der Waals surface area contributed by atoms with Crippen LogP contribution in [0.1, 0.15) is 25.3 Å². The Balaban J connectivity index is 1.89. The third kappa shape index (κ3) is 2.47. The molecule has 3 heteroatoms. The minimum Gasteiger partial charge on any atom is -0.497 e. The summed E-state index contributed by atoms with van der Waals surface area (Å²) in [4.78, 5) is 0. The second-order valence-corrected chi connectivity index (χ2v) is 4.46. The number of methoxy groups -OCH3 is 1. The van der Waals surface area contributed by atoms with Gasteiger partial charge in [-0.3, -0.25) is 0 Å². The maximum absolute atomic E-state index is 5.95. The molecule has 0 aliphatic heterocycles. The first-order valence-electron chi connectivity index (χ1n) is 5.90. The van der Waals surface area contributed by atoms with E-state index in [4.69, 9.17) is 10.5 Å². The number of nitrogens with two attached hydrogens (primary N) is 1. The van der Waals surface area contributed by atoms with E-state index in [0.717, 1.165) is 29.5 Å². The molecule has 1 aliphatic carbocycles. The second kappa shape index (κ2) is 4.74. The van der Waals surface area contributed by atoms with E-state index in [1.165, 1.54) is 12.8 Å². The summed E-state index contributed by atoms with van der Waals surface area (Å²) in [6.07, 6.45) is 2.59. The lowest BCUT2D eigenvalue weighted by Gasteiger charge is -2.09. The minimum absolute atomic E-state index is 0.700. The normalized spacial score (nSPS) is 23.1. The maximum Gasteiger partial charge on any atom is 0.120 e. The van der Waals surface area contributed by atoms with Gasteiger partial charge in [0.15, 0.2) is 0 Å². The van der Waals surface area contributed by atoms with E-state index in [9.17, 15) is 0 Å². The van der Waals surface area contributed by atoms with E-state index in [0.29, 0.717) is 6.04 Å². The van der Waals surface area contributed by atoms with E-state index in [1.807, 2.05) is 18.2 Å². The highest BCUT2D eigenvalue weighted by molar-refractivity contribution is 5.51. The minimum atomic E-state index is 0.700. The van der Waals surface area contributed by atoms with Gasteiger partial charge in [-0.2, -0.15) is 0 Å². The van der Waals surface area contributed by atoms with E-state index in [2.05, 4.69) is 12.2 Å². The number of hydrogen-bond acceptors (Lipinski definition) is 3. The zero-order chi connectivity index (χ0) is 11.5. The van der Waals surface area contributed by atoms with Crippen LogP contribution in [0, 0.1) is 5.92 Å². The Bertz CT molecular complexity index is 365. The van der Waals surface area contributed by atoms with Crippen LogP contribution in [0.4, 0.5) is 5.69 Å². The molecule has 1 saturated carbocycles. The standard InChI is InChI=1S/C13H20N2O/c1-3-9-6-13(9)15-8-10-4-5-11(16-2)7-12(10)14/h4-5,7,9,13,15H,3,6,8,14H2,1-2H3. The van der Waals surface area contributed by atoms with Gasteiger partial charge in [-0.25, -0.2) is 0 Å². The first kappa shape index (κ1) is 11.3. The Morgan fingerprint density at radius 2 is 2.31 bits per heavy atom. The summed E-state index contributed by atoms with van der Waals surface area (Å²) in [6, 6.07) is 6.56. The van der Waals surface area contributed by atoms with Crippen molar-refractivity contribution in [2.24, 2.45) is 5.92 Å². The van der Waals surface area contributed by atoms with Crippen LogP contribution < -0.4 is 15.8 Å². The van der Waals surface area contributed by atoms with Crippen LogP contribution in [0.2, 0.25) is 0 Å². The summed E-state index contributed by atoms with van der Waals surface area (Å²) >= 11 is 0. The molecule has 0 amide bonds. The molecule has 1 aromatic carbocycles. The zero-order valence-electron chi connectivity index (χ0n) is 9.99. The number of anilines is 1. The summed E-state index contributed by atoms with van der Waals surface area (Å²) in [6.45, 7) is 3.10. The van der Waals surface area contributed by atoms with Gasteiger partial charge >= 0.3 is 0 Å². The van der Waals surface area contributed by atoms with Crippen molar-refractivity contribution in [3.63, 3.8) is 0 Å². The first-order chi connectivity index (χ1) is 7.74. The Kier molecular flexibility index (Phi) is 3.34. The fourth-order valence-electron chi connectivity index (χ4n) is 2.05. The molecular formula is C13H20N2O. The number of ether oxygens (including phenoxy) is 1. The molecule has 0 bridgehead atoms. The highest BCUT2D eigenvalue weighted by Gasteiger charge is 2.34. The number of rotatable bonds is 5. The van der Waals surface area contributed by atoms with Gasteiger partial charge in [0, 0.05) is 24.3 Å². The topological polar surface area (TPSA) is 47.3 Å². The maximum atomic E-state index is 5.95. The number of benzene rings is 1. The SMILES string of the molecule is CCC1CC1NCc1ccc(OC)cc1N. The molecule has 88 valence electrons. The molecule has 1 aromatic rings. The number of nitrogen functional groups attached to an aromatic ring is 1. The molecule has 0 aromatic heterocycles. The largest absolute Gasteiger partial charge is 0.497 e. The van der Waals surface area contributed by atoms with Gasteiger partial charge in [-0.15, -0.1) is 0 Å². The van der Waals surface area contributed by atoms with Gasteiger partial charge in [-0.1, -0.05) is 19.4 Å². The van der Waals surface area contributed by atoms with E-state index in [-0.39, 0.29) is 0 Å². The molecule has 2 atom stereocenters. The van der Waals surface area contributed by atoms with Crippen LogP contribution in [-0.2, 0) is 6.54 Å². The van der Waals surface area contributed by atoms with Crippen LogP contribution in [0.25, 0.3) is 0 Å². The van der Waals surface area contributed by atoms with Crippen molar-refractivity contribution < 1.29 is 4.74 Å². The van der Waals surface area contributed by atoms with Crippen molar-refractivity contribution in [3.05, 3.63) is 23.8 Å². The Morgan fingerprint density at radius 1 is 1.50 bits per heavy atom. The van der Waals surface area contributed by atoms with Gasteiger partial charge in [0.25, 0.3) is 0 Å². The smallest absolute Gasteiger partial charge is 0.120 e. The fourth-order valence-corrected chi connectivity index (χ4v) is 2.05. The van der Waals surface area contributed by atoms with Gasteiger partial charge in [0.1, 0.15) is 5.75 Å². The van der Waals surface area contributed by atoms with E-state index >= 15 is 0 Å². The number of hydrogen-bond donors (Lipinski definition) is 2. The zero-order valence-corrected chi connectivity index (χ0v) is 9.99. The predicted molar refractivity (Wildman–Crippen MR) is 66.4 cm³/mol. The predicted octanol–water partition coefficient (Wildman–Crippen LogP) is 2.17. The summed E-state index contributed by atoms with van der Waals surface area (Å²) < 4.78 is 5.12. The van der Waals surface area contributed by atoms with Gasteiger partial charge < -0.3 is 15.8 Å². The van der Waals surface area contributed by atoms with Crippen molar-refractivity contribution in [1.82, 2.24) is 5.32 Å². The molecule has 3 N–H and O–H groups in total. The summed E-state index contributed by atoms with van der Waals surface area (Å²) in [5, 5.41) is 3.53. The second-order valence-electron chi connectivity index (χ2n) is 4.46. The highest BCUT2D eigenvalue weighted by atomic mass is 16.5. The molecule has 0 saturated heterocycles. The molecule has 1 aliphatic rings. The van der Waals surface area contributed by atoms with E-state index in [1.54, 1.807) is 7.11 Å². The lowest BCUT2D eigenvalue weighted by Crippen LogP contribution is -2.18. The Morgan fingerprint density at radius 3 is 2.88 bits per heavy atom. The third-order valence-corrected chi connectivity index (χ3v) is 3.35. The molecule has 3 nitrogen and oxygen atoms in total. The van der Waals surface area contributed by atoms with Crippen molar-refractivity contribution in [2.45, 2.75) is 32.4 Å². The van der Waals surface area contributed by atoms with Crippen LogP contribution in [-0.4, -0.2) is 13.2 Å². The molecule has 16 heavy (non-hydrogen) atoms. The summed E-state index contributed by atoms with van der Waals surface area (Å²) in [5.74, 6) is 1.69. The molecular weight excluding hydrogens is 200 g/mol. The summed E-state index contributed by atoms with van der Waals surface area (Å²) in [7, 11) is 1.66. The highest BCUT2D eigenvalue weighted by Crippen LogP contribution is 2.33. The Hall–Kier alpha value is -1.22. The monoisotopic (exact) mass is 220 g/mol. The fraction of sp³-hybridized carbons (Fsp3) is 0.538. The van der Waals surface area contributed by atoms with Gasteiger partial charge in [0.05, 0.1) is 7.11 Å². The molecule has 2 rings (SSSR count). The number of nitrogens with one attached hydrogen (secondary N) is 1. The average molecular weight is 220 g/mol. The first-order valence-corrected chi connectivity index (χ1v) is 5.90. The lowest BCUT2D eigenvalue weighted by atomic mass is 10.1. The van der Waals surface area contributed by atoms with Crippen LogP contribution in [0.5, 0.6) is 5.75 Å². The van der Waals surface area contributed by atoms with Gasteiger partial charge in [0.2, 0.25) is 0 Å². The van der Waals surface area contributed by atoms with Crippen LogP contribution in [0.15, 0.2) is 18.2 Å². The summed E-state index contributed by atoms with van der Waals surface area (Å²) in [5.41, 5.74) is 7.91. The quantitative estimate of drug-likeness (QED) is 0.748. The van der Waals surface area contributed by atoms with Crippen LogP contribution in [0.3, 0.4) is 0 Å². The van der Waals surface area contributed by atoms with Gasteiger partial charge in [-0.05, 0) is 24.0 Å². The molecule has 0 spiro atoms. The Labute approximate surface area is 97.0 Å².